The van der Waals surface area contributed by atoms with Crippen LogP contribution in [0.4, 0.5) is 13.2 Å². The Balaban J connectivity index is 1.29. The number of halogens is 3. The average Bonchev–Trinajstić information content (AvgIpc) is 3.09. The van der Waals surface area contributed by atoms with E-state index in [1.54, 1.807) is 0 Å². The Labute approximate surface area is 163 Å². The first-order valence-electron chi connectivity index (χ1n) is 9.68. The molecule has 0 spiro atoms. The van der Waals surface area contributed by atoms with Crippen LogP contribution in [0.1, 0.15) is 52.7 Å². The monoisotopic (exact) mass is 390 g/mol. The van der Waals surface area contributed by atoms with Gasteiger partial charge in [0, 0.05) is 25.2 Å². The van der Waals surface area contributed by atoms with Crippen molar-refractivity contribution in [2.45, 2.75) is 44.9 Å². The maximum absolute atomic E-state index is 12.7. The van der Waals surface area contributed by atoms with Crippen molar-refractivity contribution in [3.63, 3.8) is 0 Å². The van der Waals surface area contributed by atoms with Crippen molar-refractivity contribution in [3.8, 4) is 0 Å². The van der Waals surface area contributed by atoms with E-state index in [-0.39, 0.29) is 5.56 Å². The summed E-state index contributed by atoms with van der Waals surface area (Å²) >= 11 is 0. The smallest absolute Gasteiger partial charge is 0.352 e. The lowest BCUT2D eigenvalue weighted by Gasteiger charge is -2.14. The highest BCUT2D eigenvalue weighted by atomic mass is 19.4. The van der Waals surface area contributed by atoms with Crippen LogP contribution in [-0.2, 0) is 19.3 Å². The molecule has 6 heteroatoms. The van der Waals surface area contributed by atoms with Gasteiger partial charge >= 0.3 is 6.18 Å². The number of alkyl halides is 3. The molecule has 3 rings (SSSR count). The van der Waals surface area contributed by atoms with Crippen molar-refractivity contribution in [3.05, 3.63) is 70.8 Å². The molecule has 0 atom stereocenters. The molecule has 150 valence electrons. The summed E-state index contributed by atoms with van der Waals surface area (Å²) in [5.41, 5.74) is 2.08. The Bertz CT molecular complexity index is 779. The molecule has 0 radical (unpaired) electrons. The number of fused-ring (bicyclic) bond motifs is 1. The minimum absolute atomic E-state index is 0.0448. The van der Waals surface area contributed by atoms with Gasteiger partial charge in [0.15, 0.2) is 0 Å². The van der Waals surface area contributed by atoms with Gasteiger partial charge in [-0.15, -0.1) is 0 Å². The molecule has 28 heavy (non-hydrogen) atoms. The molecule has 0 unspecified atom stereocenters. The largest absolute Gasteiger partial charge is 0.416 e. The van der Waals surface area contributed by atoms with E-state index in [0.717, 1.165) is 57.5 Å². The van der Waals surface area contributed by atoms with Gasteiger partial charge in [-0.05, 0) is 48.7 Å². The minimum Gasteiger partial charge on any atom is -0.352 e. The van der Waals surface area contributed by atoms with Crippen LogP contribution in [0.25, 0.3) is 0 Å². The molecule has 1 heterocycles. The maximum Gasteiger partial charge on any atom is 0.416 e. The van der Waals surface area contributed by atoms with Crippen LogP contribution in [0, 0.1) is 0 Å². The SMILES string of the molecule is O=C(NCCCCCCN1Cc2ccccc2C1)c1cccc(C(F)(F)F)c1. The lowest BCUT2D eigenvalue weighted by atomic mass is 10.1. The number of rotatable bonds is 8. The van der Waals surface area contributed by atoms with Crippen LogP contribution in [-0.4, -0.2) is 23.9 Å². The van der Waals surface area contributed by atoms with E-state index in [0.29, 0.717) is 6.54 Å². The summed E-state index contributed by atoms with van der Waals surface area (Å²) < 4.78 is 38.1. The van der Waals surface area contributed by atoms with E-state index in [4.69, 9.17) is 0 Å². The Kier molecular flexibility index (Phi) is 6.73. The van der Waals surface area contributed by atoms with Crippen molar-refractivity contribution in [2.24, 2.45) is 0 Å². The third-order valence-electron chi connectivity index (χ3n) is 5.05. The predicted molar refractivity (Wildman–Crippen MR) is 103 cm³/mol. The Morgan fingerprint density at radius 3 is 2.29 bits per heavy atom. The Morgan fingerprint density at radius 1 is 0.929 bits per heavy atom. The standard InChI is InChI=1S/C22H25F3N2O/c23-22(24,25)20-11-7-10-17(14-20)21(28)26-12-5-1-2-6-13-27-15-18-8-3-4-9-19(18)16-27/h3-4,7-11,14H,1-2,5-6,12-13,15-16H2,(H,26,28). The topological polar surface area (TPSA) is 32.3 Å². The van der Waals surface area contributed by atoms with E-state index in [1.807, 2.05) is 0 Å². The molecule has 3 nitrogen and oxygen atoms in total. The fourth-order valence-corrected chi connectivity index (χ4v) is 3.52. The number of nitrogens with zero attached hydrogens (tertiary/aromatic N) is 1. The molecule has 0 saturated heterocycles. The molecule has 1 N–H and O–H groups in total. The van der Waals surface area contributed by atoms with Gasteiger partial charge in [0.05, 0.1) is 5.56 Å². The molecule has 2 aromatic rings. The molecule has 0 aromatic heterocycles. The van der Waals surface area contributed by atoms with Crippen LogP contribution < -0.4 is 5.32 Å². The van der Waals surface area contributed by atoms with E-state index in [1.165, 1.54) is 23.3 Å². The molecule has 1 aliphatic rings. The number of benzene rings is 2. The summed E-state index contributed by atoms with van der Waals surface area (Å²) in [7, 11) is 0. The molecule has 0 aliphatic carbocycles. The molecule has 0 bridgehead atoms. The van der Waals surface area contributed by atoms with Crippen molar-refractivity contribution < 1.29 is 18.0 Å². The molecule has 0 saturated carbocycles. The van der Waals surface area contributed by atoms with Crippen LogP contribution >= 0.6 is 0 Å². The third kappa shape index (κ3) is 5.58. The Hall–Kier alpha value is -2.34. The Morgan fingerprint density at radius 2 is 1.61 bits per heavy atom. The zero-order valence-corrected chi connectivity index (χ0v) is 15.8. The van der Waals surface area contributed by atoms with Crippen LogP contribution in [0.3, 0.4) is 0 Å². The van der Waals surface area contributed by atoms with Gasteiger partial charge in [-0.3, -0.25) is 9.69 Å². The number of nitrogens with one attached hydrogen (secondary N) is 1. The predicted octanol–water partition coefficient (Wildman–Crippen LogP) is 5.01. The number of carbonyl (C=O) groups excluding carboxylic acids is 1. The van der Waals surface area contributed by atoms with Gasteiger partial charge in [-0.25, -0.2) is 0 Å². The van der Waals surface area contributed by atoms with E-state index >= 15 is 0 Å². The van der Waals surface area contributed by atoms with Gasteiger partial charge in [0.1, 0.15) is 0 Å². The van der Waals surface area contributed by atoms with Gasteiger partial charge in [0.2, 0.25) is 0 Å². The lowest BCUT2D eigenvalue weighted by Crippen LogP contribution is -2.25. The van der Waals surface area contributed by atoms with Gasteiger partial charge in [-0.2, -0.15) is 13.2 Å². The van der Waals surface area contributed by atoms with Gasteiger partial charge < -0.3 is 5.32 Å². The summed E-state index contributed by atoms with van der Waals surface area (Å²) in [6.07, 6.45) is -0.441. The summed E-state index contributed by atoms with van der Waals surface area (Å²) in [4.78, 5) is 14.5. The zero-order valence-electron chi connectivity index (χ0n) is 15.8. The second-order valence-electron chi connectivity index (χ2n) is 7.23. The van der Waals surface area contributed by atoms with E-state index < -0.39 is 17.6 Å². The van der Waals surface area contributed by atoms with E-state index in [2.05, 4.69) is 34.5 Å². The van der Waals surface area contributed by atoms with Crippen LogP contribution in [0.2, 0.25) is 0 Å². The first-order chi connectivity index (χ1) is 13.4. The fourth-order valence-electron chi connectivity index (χ4n) is 3.52. The first kappa shape index (κ1) is 20.4. The summed E-state index contributed by atoms with van der Waals surface area (Å²) in [6, 6.07) is 13.0. The van der Waals surface area contributed by atoms with Crippen molar-refractivity contribution in [1.82, 2.24) is 10.2 Å². The molecule has 0 fully saturated rings. The summed E-state index contributed by atoms with van der Waals surface area (Å²) in [5, 5.41) is 2.70. The lowest BCUT2D eigenvalue weighted by molar-refractivity contribution is -0.137. The van der Waals surface area contributed by atoms with Crippen molar-refractivity contribution in [2.75, 3.05) is 13.1 Å². The summed E-state index contributed by atoms with van der Waals surface area (Å²) in [5.74, 6) is -0.457. The highest BCUT2D eigenvalue weighted by Crippen LogP contribution is 2.29. The highest BCUT2D eigenvalue weighted by molar-refractivity contribution is 5.94. The minimum atomic E-state index is -4.44. The fraction of sp³-hybridized carbons (Fsp3) is 0.409. The van der Waals surface area contributed by atoms with Crippen LogP contribution in [0.5, 0.6) is 0 Å². The quantitative estimate of drug-likeness (QED) is 0.643. The third-order valence-corrected chi connectivity index (χ3v) is 5.05. The second kappa shape index (κ2) is 9.24. The van der Waals surface area contributed by atoms with E-state index in [9.17, 15) is 18.0 Å². The molecule has 2 aromatic carbocycles. The van der Waals surface area contributed by atoms with Crippen molar-refractivity contribution in [1.29, 1.82) is 0 Å². The number of carbonyl (C=O) groups is 1. The van der Waals surface area contributed by atoms with Gasteiger partial charge in [-0.1, -0.05) is 43.2 Å². The molecular weight excluding hydrogens is 365 g/mol. The normalized spacial score (nSPS) is 14.1. The second-order valence-corrected chi connectivity index (χ2v) is 7.23. The first-order valence-corrected chi connectivity index (χ1v) is 9.68. The molecule has 1 amide bonds. The zero-order chi connectivity index (χ0) is 20.0. The molecular formula is C22H25F3N2O. The van der Waals surface area contributed by atoms with Crippen molar-refractivity contribution >= 4 is 5.91 Å². The van der Waals surface area contributed by atoms with Crippen LogP contribution in [0.15, 0.2) is 48.5 Å². The number of unbranched alkanes of at least 4 members (excludes halogenated alkanes) is 3. The highest BCUT2D eigenvalue weighted by Gasteiger charge is 2.30. The number of hydrogen-bond acceptors (Lipinski definition) is 2. The number of amides is 1. The average molecular weight is 390 g/mol. The van der Waals surface area contributed by atoms with Gasteiger partial charge in [0.25, 0.3) is 5.91 Å². The molecule has 1 aliphatic heterocycles. The summed E-state index contributed by atoms with van der Waals surface area (Å²) in [6.45, 7) is 3.57. The number of hydrogen-bond donors (Lipinski definition) is 1. The maximum atomic E-state index is 12.7.